The normalized spacial score (nSPS) is 17.9. The van der Waals surface area contributed by atoms with Gasteiger partial charge in [0, 0.05) is 22.3 Å². The Morgan fingerprint density at radius 2 is 1.72 bits per heavy atom. The van der Waals surface area contributed by atoms with Crippen molar-refractivity contribution in [1.82, 2.24) is 10.6 Å². The van der Waals surface area contributed by atoms with E-state index in [9.17, 15) is 22.8 Å². The number of hydrogen-bond donors (Lipinski definition) is 3. The third kappa shape index (κ3) is 6.86. The monoisotopic (exact) mass is 534 g/mol. The molecule has 6 nitrogen and oxygen atoms in total. The fourth-order valence-electron chi connectivity index (χ4n) is 3.87. The topological polar surface area (TPSA) is 82.6 Å². The molecule has 3 aromatic rings. The number of carbonyl (C=O) groups is 2. The first kappa shape index (κ1) is 25.7. The molecule has 4 rings (SSSR count). The van der Waals surface area contributed by atoms with E-state index in [0.29, 0.717) is 30.6 Å². The van der Waals surface area contributed by atoms with E-state index in [1.165, 1.54) is 23.5 Å². The number of amides is 2. The van der Waals surface area contributed by atoms with Gasteiger partial charge in [0.1, 0.15) is 5.82 Å². The van der Waals surface area contributed by atoms with Gasteiger partial charge in [0.25, 0.3) is 11.8 Å². The van der Waals surface area contributed by atoms with Crippen molar-refractivity contribution < 1.29 is 22.8 Å². The van der Waals surface area contributed by atoms with E-state index in [2.05, 4.69) is 20.9 Å². The number of benzene rings is 2. The van der Waals surface area contributed by atoms with E-state index in [1.807, 2.05) is 11.4 Å². The van der Waals surface area contributed by atoms with Gasteiger partial charge >= 0.3 is 0 Å². The fourth-order valence-corrected chi connectivity index (χ4v) is 4.72. The van der Waals surface area contributed by atoms with Gasteiger partial charge in [-0.05, 0) is 73.5 Å². The predicted molar refractivity (Wildman–Crippen MR) is 134 cm³/mol. The van der Waals surface area contributed by atoms with E-state index in [4.69, 9.17) is 11.6 Å². The molecule has 0 unspecified atom stereocenters. The summed E-state index contributed by atoms with van der Waals surface area (Å²) in [6.45, 7) is 0. The highest BCUT2D eigenvalue weighted by atomic mass is 35.5. The highest BCUT2D eigenvalue weighted by molar-refractivity contribution is 7.12. The largest absolute Gasteiger partial charge is 0.349 e. The first-order valence-corrected chi connectivity index (χ1v) is 12.4. The summed E-state index contributed by atoms with van der Waals surface area (Å²) in [7, 11) is 0. The molecular weight excluding hydrogens is 513 g/mol. The second-order valence-electron chi connectivity index (χ2n) is 8.30. The molecule has 2 aromatic carbocycles. The highest BCUT2D eigenvalue weighted by Gasteiger charge is 2.24. The van der Waals surface area contributed by atoms with Crippen molar-refractivity contribution in [3.05, 3.63) is 86.8 Å². The van der Waals surface area contributed by atoms with Crippen molar-refractivity contribution in [1.29, 1.82) is 0 Å². The molecule has 0 saturated heterocycles. The number of nitrogens with zero attached hydrogens (tertiary/aromatic N) is 1. The number of aliphatic imine (C=N–C) groups is 1. The second kappa shape index (κ2) is 11.6. The van der Waals surface area contributed by atoms with Gasteiger partial charge < -0.3 is 10.6 Å². The summed E-state index contributed by atoms with van der Waals surface area (Å²) < 4.78 is 40.7. The molecule has 11 heteroatoms. The van der Waals surface area contributed by atoms with Crippen LogP contribution >= 0.6 is 22.9 Å². The molecule has 3 N–H and O–H groups in total. The molecule has 36 heavy (non-hydrogen) atoms. The van der Waals surface area contributed by atoms with Gasteiger partial charge in [-0.2, -0.15) is 0 Å². The maximum Gasteiger partial charge on any atom is 0.261 e. The third-order valence-electron chi connectivity index (χ3n) is 5.63. The van der Waals surface area contributed by atoms with Crippen molar-refractivity contribution >= 4 is 46.4 Å². The molecule has 1 aliphatic carbocycles. The average molecular weight is 535 g/mol. The standard InChI is InChI=1S/C25H22ClF3N4O2S/c26-15-11-16(27)13-19(12-15)32-25(33-23(34)14-3-8-20(28)21(29)10-14)31-18-6-4-17(5-7-18)30-24(35)22-2-1-9-36-22/h1-3,8-13,17-18H,4-7H2,(H,30,35)(H2,31,32,33,34). The number of hydrogen-bond acceptors (Lipinski definition) is 4. The Bertz CT molecular complexity index is 1260. The summed E-state index contributed by atoms with van der Waals surface area (Å²) in [5, 5.41) is 10.4. The van der Waals surface area contributed by atoms with Crippen LogP contribution in [0.5, 0.6) is 0 Å². The van der Waals surface area contributed by atoms with Crippen LogP contribution in [0.2, 0.25) is 5.02 Å². The number of guanidine groups is 1. The molecule has 2 amide bonds. The minimum Gasteiger partial charge on any atom is -0.349 e. The fraction of sp³-hybridized carbons (Fsp3) is 0.240. The summed E-state index contributed by atoms with van der Waals surface area (Å²) in [5.41, 5.74) is 0.141. The van der Waals surface area contributed by atoms with Crippen LogP contribution in [0.15, 0.2) is 58.9 Å². The van der Waals surface area contributed by atoms with Crippen LogP contribution in [0.1, 0.15) is 45.7 Å². The van der Waals surface area contributed by atoms with Crippen LogP contribution in [-0.2, 0) is 0 Å². The Morgan fingerprint density at radius 3 is 2.39 bits per heavy atom. The summed E-state index contributed by atoms with van der Waals surface area (Å²) >= 11 is 7.31. The third-order valence-corrected chi connectivity index (χ3v) is 6.71. The maximum atomic E-state index is 13.8. The first-order chi connectivity index (χ1) is 17.3. The van der Waals surface area contributed by atoms with Crippen LogP contribution in [-0.4, -0.2) is 29.9 Å². The predicted octanol–water partition coefficient (Wildman–Crippen LogP) is 5.76. The molecule has 188 valence electrons. The van der Waals surface area contributed by atoms with Crippen LogP contribution in [0, 0.1) is 17.5 Å². The zero-order chi connectivity index (χ0) is 25.7. The molecule has 0 aliphatic heterocycles. The van der Waals surface area contributed by atoms with Gasteiger partial charge in [0.15, 0.2) is 11.6 Å². The average Bonchev–Trinajstić information content (AvgIpc) is 3.36. The molecule has 0 radical (unpaired) electrons. The molecule has 0 bridgehead atoms. The van der Waals surface area contributed by atoms with Crippen molar-refractivity contribution in [2.75, 3.05) is 5.32 Å². The van der Waals surface area contributed by atoms with Crippen LogP contribution < -0.4 is 16.0 Å². The number of rotatable bonds is 5. The van der Waals surface area contributed by atoms with E-state index in [-0.39, 0.29) is 40.2 Å². The molecule has 0 atom stereocenters. The van der Waals surface area contributed by atoms with Crippen molar-refractivity contribution in [2.45, 2.75) is 37.8 Å². The lowest BCUT2D eigenvalue weighted by atomic mass is 9.91. The zero-order valence-corrected chi connectivity index (χ0v) is 20.4. The van der Waals surface area contributed by atoms with Crippen molar-refractivity contribution in [3.63, 3.8) is 0 Å². The maximum absolute atomic E-state index is 13.8. The lowest BCUT2D eigenvalue weighted by Crippen LogP contribution is -2.40. The Labute approximate surface area is 214 Å². The Hall–Kier alpha value is -3.37. The lowest BCUT2D eigenvalue weighted by molar-refractivity contribution is 0.0928. The van der Waals surface area contributed by atoms with E-state index >= 15 is 0 Å². The molecule has 1 heterocycles. The molecule has 0 spiro atoms. The van der Waals surface area contributed by atoms with Gasteiger partial charge in [0.05, 0.1) is 10.9 Å². The van der Waals surface area contributed by atoms with E-state index in [1.54, 1.807) is 6.07 Å². The van der Waals surface area contributed by atoms with Crippen LogP contribution in [0.3, 0.4) is 0 Å². The molecule has 1 aliphatic rings. The van der Waals surface area contributed by atoms with Gasteiger partial charge in [-0.25, -0.2) is 18.2 Å². The quantitative estimate of drug-likeness (QED) is 0.287. The Morgan fingerprint density at radius 1 is 0.944 bits per heavy atom. The Kier molecular flexibility index (Phi) is 8.27. The van der Waals surface area contributed by atoms with Gasteiger partial charge in [0.2, 0.25) is 5.96 Å². The Balaban J connectivity index is 1.46. The van der Waals surface area contributed by atoms with Crippen LogP contribution in [0.4, 0.5) is 18.9 Å². The molecule has 1 aromatic heterocycles. The van der Waals surface area contributed by atoms with E-state index < -0.39 is 23.4 Å². The summed E-state index contributed by atoms with van der Waals surface area (Å²) in [6, 6.07) is 9.94. The molecule has 1 saturated carbocycles. The number of nitrogens with one attached hydrogen (secondary N) is 3. The SMILES string of the molecule is O=C(NC(=NC1CCC(NC(=O)c2cccs2)CC1)Nc1cc(F)cc(Cl)c1)c1ccc(F)c(F)c1. The minimum absolute atomic E-state index is 0.00117. The zero-order valence-electron chi connectivity index (χ0n) is 18.9. The highest BCUT2D eigenvalue weighted by Crippen LogP contribution is 2.23. The number of carbonyl (C=O) groups excluding carboxylic acids is 2. The number of anilines is 1. The summed E-state index contributed by atoms with van der Waals surface area (Å²) in [5.74, 6) is -3.64. The van der Waals surface area contributed by atoms with Crippen molar-refractivity contribution in [2.24, 2.45) is 4.99 Å². The molecule has 1 fully saturated rings. The molecular formula is C25H22ClF3N4O2S. The lowest BCUT2D eigenvalue weighted by Gasteiger charge is -2.27. The number of halogens is 4. The second-order valence-corrected chi connectivity index (χ2v) is 9.68. The smallest absolute Gasteiger partial charge is 0.261 e. The number of thiophene rings is 1. The minimum atomic E-state index is -1.16. The van der Waals surface area contributed by atoms with Gasteiger partial charge in [-0.15, -0.1) is 11.3 Å². The first-order valence-electron chi connectivity index (χ1n) is 11.2. The van der Waals surface area contributed by atoms with Crippen molar-refractivity contribution in [3.8, 4) is 0 Å². The van der Waals surface area contributed by atoms with E-state index in [0.717, 1.165) is 24.3 Å². The van der Waals surface area contributed by atoms with Gasteiger partial charge in [-0.3, -0.25) is 14.9 Å². The van der Waals surface area contributed by atoms with Crippen LogP contribution in [0.25, 0.3) is 0 Å². The summed E-state index contributed by atoms with van der Waals surface area (Å²) in [4.78, 5) is 30.3. The van der Waals surface area contributed by atoms with Gasteiger partial charge in [-0.1, -0.05) is 17.7 Å². The summed E-state index contributed by atoms with van der Waals surface area (Å²) in [6.07, 6.45) is 2.62.